The summed E-state index contributed by atoms with van der Waals surface area (Å²) in [5.41, 5.74) is 3.44. The van der Waals surface area contributed by atoms with Crippen LogP contribution < -0.4 is 10.9 Å². The van der Waals surface area contributed by atoms with Gasteiger partial charge in [-0.05, 0) is 44.5 Å². The molecule has 5 heteroatoms. The Labute approximate surface area is 152 Å². The van der Waals surface area contributed by atoms with E-state index >= 15 is 0 Å². The zero-order valence-corrected chi connectivity index (χ0v) is 15.4. The number of nitrogens with one attached hydrogen (secondary N) is 1. The molecule has 0 saturated heterocycles. The molecule has 0 unspecified atom stereocenters. The molecule has 3 rings (SSSR count). The summed E-state index contributed by atoms with van der Waals surface area (Å²) in [5.74, 6) is 0.580. The topological polar surface area (TPSA) is 64.0 Å². The van der Waals surface area contributed by atoms with Crippen molar-refractivity contribution in [3.8, 4) is 0 Å². The van der Waals surface area contributed by atoms with E-state index in [4.69, 9.17) is 4.98 Å². The maximum absolute atomic E-state index is 12.7. The molecule has 0 bridgehead atoms. The lowest BCUT2D eigenvalue weighted by Crippen LogP contribution is -2.30. The first-order valence-electron chi connectivity index (χ1n) is 8.85. The number of para-hydroxylation sites is 1. The summed E-state index contributed by atoms with van der Waals surface area (Å²) < 4.78 is 1.68. The molecular weight excluding hydrogens is 326 g/mol. The number of hydrogen-bond donors (Lipinski definition) is 1. The first kappa shape index (κ1) is 17.9. The molecule has 26 heavy (non-hydrogen) atoms. The van der Waals surface area contributed by atoms with Gasteiger partial charge in [0.2, 0.25) is 0 Å². The summed E-state index contributed by atoms with van der Waals surface area (Å²) in [5, 5.41) is 3.54. The van der Waals surface area contributed by atoms with E-state index < -0.39 is 0 Å². The van der Waals surface area contributed by atoms with E-state index in [0.717, 1.165) is 16.6 Å². The molecule has 1 heterocycles. The zero-order valence-electron chi connectivity index (χ0n) is 15.4. The average Bonchev–Trinajstić information content (AvgIpc) is 2.63. The second-order valence-corrected chi connectivity index (χ2v) is 6.42. The molecular formula is C21H23N3O2. The standard InChI is InChI=1S/C21H23N3O2/c1-4-24-18(23-19-15(3)6-5-7-17(19)21(24)26)12-13-22-20(25)16-10-8-14(2)9-11-16/h5-11H,4,12-13H2,1-3H3,(H,22,25). The molecule has 0 saturated carbocycles. The predicted molar refractivity (Wildman–Crippen MR) is 104 cm³/mol. The Bertz CT molecular complexity index is 1000. The summed E-state index contributed by atoms with van der Waals surface area (Å²) in [4.78, 5) is 29.7. The number of aromatic nitrogens is 2. The maximum atomic E-state index is 12.7. The lowest BCUT2D eigenvalue weighted by Gasteiger charge is -2.13. The highest BCUT2D eigenvalue weighted by Gasteiger charge is 2.12. The molecule has 5 nitrogen and oxygen atoms in total. The Morgan fingerprint density at radius 2 is 1.85 bits per heavy atom. The molecule has 1 aromatic heterocycles. The molecule has 0 aliphatic rings. The van der Waals surface area contributed by atoms with E-state index in [0.29, 0.717) is 36.3 Å². The lowest BCUT2D eigenvalue weighted by atomic mass is 10.1. The minimum absolute atomic E-state index is 0.0268. The Hall–Kier alpha value is -2.95. The van der Waals surface area contributed by atoms with Gasteiger partial charge in [-0.25, -0.2) is 4.98 Å². The number of carbonyl (C=O) groups excluding carboxylic acids is 1. The fourth-order valence-electron chi connectivity index (χ4n) is 3.04. The van der Waals surface area contributed by atoms with Crippen LogP contribution in [0.5, 0.6) is 0 Å². The third kappa shape index (κ3) is 3.52. The smallest absolute Gasteiger partial charge is 0.261 e. The highest BCUT2D eigenvalue weighted by atomic mass is 16.1. The van der Waals surface area contributed by atoms with Crippen molar-refractivity contribution in [3.05, 3.63) is 75.3 Å². The Morgan fingerprint density at radius 3 is 2.54 bits per heavy atom. The summed E-state index contributed by atoms with van der Waals surface area (Å²) in [6.45, 7) is 6.85. The number of rotatable bonds is 5. The number of amides is 1. The minimum atomic E-state index is -0.118. The second kappa shape index (κ2) is 7.52. The first-order chi connectivity index (χ1) is 12.5. The highest BCUT2D eigenvalue weighted by Crippen LogP contribution is 2.13. The summed E-state index contributed by atoms with van der Waals surface area (Å²) in [7, 11) is 0. The van der Waals surface area contributed by atoms with E-state index in [2.05, 4.69) is 5.32 Å². The van der Waals surface area contributed by atoms with E-state index in [1.54, 1.807) is 4.57 Å². The predicted octanol–water partition coefficient (Wildman–Crippen LogP) is 3.01. The molecule has 0 radical (unpaired) electrons. The van der Waals surface area contributed by atoms with Gasteiger partial charge in [0.15, 0.2) is 0 Å². The SMILES string of the molecule is CCn1c(CCNC(=O)c2ccc(C)cc2)nc2c(C)cccc2c1=O. The lowest BCUT2D eigenvalue weighted by molar-refractivity contribution is 0.0954. The van der Waals surface area contributed by atoms with Gasteiger partial charge in [0.1, 0.15) is 5.82 Å². The fourth-order valence-corrected chi connectivity index (χ4v) is 3.04. The van der Waals surface area contributed by atoms with Crippen molar-refractivity contribution in [1.82, 2.24) is 14.9 Å². The number of carbonyl (C=O) groups is 1. The summed E-state index contributed by atoms with van der Waals surface area (Å²) >= 11 is 0. The zero-order chi connectivity index (χ0) is 18.7. The van der Waals surface area contributed by atoms with Crippen LogP contribution in [0.4, 0.5) is 0 Å². The maximum Gasteiger partial charge on any atom is 0.261 e. The van der Waals surface area contributed by atoms with Crippen LogP contribution in [0.2, 0.25) is 0 Å². The van der Waals surface area contributed by atoms with Gasteiger partial charge in [-0.2, -0.15) is 0 Å². The van der Waals surface area contributed by atoms with Gasteiger partial charge in [-0.15, -0.1) is 0 Å². The third-order valence-corrected chi connectivity index (χ3v) is 4.53. The second-order valence-electron chi connectivity index (χ2n) is 6.42. The van der Waals surface area contributed by atoms with Crippen LogP contribution in [0.25, 0.3) is 10.9 Å². The Morgan fingerprint density at radius 1 is 1.12 bits per heavy atom. The molecule has 1 amide bonds. The van der Waals surface area contributed by atoms with E-state index in [1.807, 2.05) is 63.2 Å². The average molecular weight is 349 g/mol. The Kier molecular flexibility index (Phi) is 5.16. The molecule has 1 N–H and O–H groups in total. The van der Waals surface area contributed by atoms with Crippen molar-refractivity contribution < 1.29 is 4.79 Å². The third-order valence-electron chi connectivity index (χ3n) is 4.53. The van der Waals surface area contributed by atoms with Gasteiger partial charge < -0.3 is 5.32 Å². The van der Waals surface area contributed by atoms with Crippen molar-refractivity contribution in [3.63, 3.8) is 0 Å². The number of aryl methyl sites for hydroxylation is 2. The van der Waals surface area contributed by atoms with Crippen molar-refractivity contribution in [2.75, 3.05) is 6.54 Å². The van der Waals surface area contributed by atoms with Crippen LogP contribution >= 0.6 is 0 Å². The number of benzene rings is 2. The first-order valence-corrected chi connectivity index (χ1v) is 8.85. The van der Waals surface area contributed by atoms with E-state index in [9.17, 15) is 9.59 Å². The Balaban J connectivity index is 1.80. The van der Waals surface area contributed by atoms with Crippen molar-refractivity contribution >= 4 is 16.8 Å². The summed E-state index contributed by atoms with van der Waals surface area (Å²) in [6.07, 6.45) is 0.505. The minimum Gasteiger partial charge on any atom is -0.352 e. The van der Waals surface area contributed by atoms with Crippen LogP contribution in [0, 0.1) is 13.8 Å². The van der Waals surface area contributed by atoms with Crippen LogP contribution in [0.3, 0.4) is 0 Å². The highest BCUT2D eigenvalue weighted by molar-refractivity contribution is 5.94. The van der Waals surface area contributed by atoms with Crippen molar-refractivity contribution in [1.29, 1.82) is 0 Å². The number of hydrogen-bond acceptors (Lipinski definition) is 3. The van der Waals surface area contributed by atoms with Crippen molar-refractivity contribution in [2.45, 2.75) is 33.7 Å². The normalized spacial score (nSPS) is 10.9. The molecule has 0 atom stereocenters. The summed E-state index contributed by atoms with van der Waals surface area (Å²) in [6, 6.07) is 13.1. The van der Waals surface area contributed by atoms with Gasteiger partial charge in [0, 0.05) is 25.1 Å². The number of nitrogens with zero attached hydrogens (tertiary/aromatic N) is 2. The number of fused-ring (bicyclic) bond motifs is 1. The van der Waals surface area contributed by atoms with Gasteiger partial charge in [0.05, 0.1) is 10.9 Å². The molecule has 0 spiro atoms. The van der Waals surface area contributed by atoms with Crippen LogP contribution in [0.15, 0.2) is 47.3 Å². The fraction of sp³-hybridized carbons (Fsp3) is 0.286. The quantitative estimate of drug-likeness (QED) is 0.770. The van der Waals surface area contributed by atoms with Crippen molar-refractivity contribution in [2.24, 2.45) is 0 Å². The molecule has 2 aromatic carbocycles. The molecule has 0 aliphatic carbocycles. The van der Waals surface area contributed by atoms with Gasteiger partial charge in [-0.1, -0.05) is 29.8 Å². The van der Waals surface area contributed by atoms with E-state index in [1.165, 1.54) is 0 Å². The van der Waals surface area contributed by atoms with Crippen LogP contribution in [-0.4, -0.2) is 22.0 Å². The monoisotopic (exact) mass is 349 g/mol. The van der Waals surface area contributed by atoms with Gasteiger partial charge in [-0.3, -0.25) is 14.2 Å². The molecule has 3 aromatic rings. The molecule has 0 aliphatic heterocycles. The van der Waals surface area contributed by atoms with E-state index in [-0.39, 0.29) is 11.5 Å². The van der Waals surface area contributed by atoms with Gasteiger partial charge in [0.25, 0.3) is 11.5 Å². The van der Waals surface area contributed by atoms with Crippen LogP contribution in [0.1, 0.15) is 34.2 Å². The van der Waals surface area contributed by atoms with Gasteiger partial charge >= 0.3 is 0 Å². The molecule has 0 fully saturated rings. The molecule has 134 valence electrons. The van der Waals surface area contributed by atoms with Crippen LogP contribution in [-0.2, 0) is 13.0 Å². The largest absolute Gasteiger partial charge is 0.352 e.